The van der Waals surface area contributed by atoms with E-state index in [9.17, 15) is 0 Å². The van der Waals surface area contributed by atoms with Crippen LogP contribution < -0.4 is 20.0 Å². The van der Waals surface area contributed by atoms with E-state index < -0.39 is 0 Å². The lowest BCUT2D eigenvalue weighted by Gasteiger charge is -2.46. The molecule has 2 aliphatic heterocycles. The van der Waals surface area contributed by atoms with E-state index in [1.807, 2.05) is 22.7 Å². The van der Waals surface area contributed by atoms with Gasteiger partial charge >= 0.3 is 6.85 Å². The van der Waals surface area contributed by atoms with Crippen LogP contribution in [-0.4, -0.2) is 6.85 Å². The average molecular weight is 921 g/mol. The van der Waals surface area contributed by atoms with Gasteiger partial charge in [-0.15, -0.1) is 22.7 Å². The Labute approximate surface area is 411 Å². The number of fused-ring (bicyclic) bond motifs is 14. The number of nitrogens with zero attached hydrogens (tertiary/aromatic N) is 2. The molecule has 0 saturated carbocycles. The summed E-state index contributed by atoms with van der Waals surface area (Å²) < 4.78 is 5.48. The highest BCUT2D eigenvalue weighted by molar-refractivity contribution is 7.32. The molecule has 0 radical (unpaired) electrons. The fourth-order valence-corrected chi connectivity index (χ4v) is 15.3. The Hall–Kier alpha value is -5.62. The van der Waals surface area contributed by atoms with Gasteiger partial charge in [-0.25, -0.2) is 0 Å². The Kier molecular flexibility index (Phi) is 8.62. The van der Waals surface area contributed by atoms with Crippen LogP contribution in [0.1, 0.15) is 129 Å². The first-order chi connectivity index (χ1) is 32.2. The molecule has 338 valence electrons. The van der Waals surface area contributed by atoms with E-state index in [2.05, 4.69) is 220 Å². The van der Waals surface area contributed by atoms with E-state index in [1.165, 1.54) is 137 Å². The van der Waals surface area contributed by atoms with Gasteiger partial charge < -0.3 is 9.71 Å². The van der Waals surface area contributed by atoms with Crippen LogP contribution in [0.2, 0.25) is 0 Å². The molecule has 0 spiro atoms. The third-order valence-corrected chi connectivity index (χ3v) is 19.1. The normalized spacial score (nSPS) is 17.3. The Morgan fingerprint density at radius 3 is 1.76 bits per heavy atom. The highest BCUT2D eigenvalue weighted by Crippen LogP contribution is 2.60. The van der Waals surface area contributed by atoms with Crippen LogP contribution >= 0.6 is 22.7 Å². The molecule has 7 aromatic carbocycles. The fourth-order valence-electron chi connectivity index (χ4n) is 12.8. The molecule has 4 aliphatic rings. The molecule has 68 heavy (non-hydrogen) atoms. The number of benzene rings is 7. The average Bonchev–Trinajstić information content (AvgIpc) is 3.93. The van der Waals surface area contributed by atoms with Crippen molar-refractivity contribution in [2.24, 2.45) is 0 Å². The summed E-state index contributed by atoms with van der Waals surface area (Å²) in [5, 5.41) is 4.05. The molecule has 0 bridgehead atoms. The number of anilines is 5. The Bertz CT molecular complexity index is 3620. The molecule has 0 N–H and O–H groups in total. The van der Waals surface area contributed by atoms with Gasteiger partial charge in [0.05, 0.1) is 5.69 Å². The lowest BCUT2D eigenvalue weighted by atomic mass is 9.46. The van der Waals surface area contributed by atoms with E-state index in [4.69, 9.17) is 0 Å². The summed E-state index contributed by atoms with van der Waals surface area (Å²) in [6.45, 7) is 28.8. The molecule has 0 fully saturated rings. The summed E-state index contributed by atoms with van der Waals surface area (Å²) in [6, 6.07) is 50.6. The maximum Gasteiger partial charge on any atom is 0.343 e. The Morgan fingerprint density at radius 2 is 1.09 bits per heavy atom. The van der Waals surface area contributed by atoms with E-state index in [1.54, 1.807) is 0 Å². The van der Waals surface area contributed by atoms with E-state index in [0.717, 1.165) is 0 Å². The first-order valence-electron chi connectivity index (χ1n) is 24.9. The zero-order valence-corrected chi connectivity index (χ0v) is 43.5. The maximum atomic E-state index is 2.76. The lowest BCUT2D eigenvalue weighted by molar-refractivity contribution is 0.332. The Balaban J connectivity index is 1.22. The van der Waals surface area contributed by atoms with Crippen LogP contribution in [0.5, 0.6) is 0 Å². The molecule has 5 heteroatoms. The van der Waals surface area contributed by atoms with Gasteiger partial charge in [0.1, 0.15) is 0 Å². The van der Waals surface area contributed by atoms with Crippen molar-refractivity contribution in [3.63, 3.8) is 0 Å². The van der Waals surface area contributed by atoms with Crippen molar-refractivity contribution in [2.45, 2.75) is 123 Å². The fraction of sp³-hybridized carbons (Fsp3) is 0.302. The third-order valence-electron chi connectivity index (χ3n) is 16.8. The molecule has 2 aromatic heterocycles. The third kappa shape index (κ3) is 5.81. The summed E-state index contributed by atoms with van der Waals surface area (Å²) >= 11 is 3.97. The van der Waals surface area contributed by atoms with Gasteiger partial charge in [-0.05, 0) is 151 Å². The molecular formula is C63H61BN2S2. The minimum Gasteiger partial charge on any atom is -0.376 e. The van der Waals surface area contributed by atoms with Crippen molar-refractivity contribution in [3.05, 3.63) is 161 Å². The van der Waals surface area contributed by atoms with Crippen LogP contribution in [0.15, 0.2) is 127 Å². The minimum absolute atomic E-state index is 0.0317. The molecule has 0 saturated heterocycles. The summed E-state index contributed by atoms with van der Waals surface area (Å²) in [7, 11) is 0. The Morgan fingerprint density at radius 1 is 0.485 bits per heavy atom. The molecule has 0 unspecified atom stereocenters. The zero-order chi connectivity index (χ0) is 47.2. The van der Waals surface area contributed by atoms with Crippen molar-refractivity contribution in [1.82, 2.24) is 0 Å². The number of hydrogen-bond donors (Lipinski definition) is 0. The molecular weight excluding hydrogens is 860 g/mol. The van der Waals surface area contributed by atoms with Crippen molar-refractivity contribution < 1.29 is 0 Å². The predicted molar refractivity (Wildman–Crippen MR) is 299 cm³/mol. The molecule has 0 atom stereocenters. The second kappa shape index (κ2) is 13.8. The molecule has 4 heterocycles. The minimum atomic E-state index is -0.258. The standard InChI is InChI=1S/C63H61BN2S2/c1-59(2,3)36-21-25-38(26-22-36)65-56-46-33-48-49(62(9,10)30-29-61(48,7)8)34-52(46)68-58(56)64-55-45(32-44-40-17-13-15-19-47(40)63(11,12)54(44)57(55)65)42-31-43-41-18-14-16-20-51(41)67-53(43)35-50(42)66(64)39-27-23-37(24-28-39)60(4,5)6/h13-28,31-35H,29-30H2,1-12H3. The van der Waals surface area contributed by atoms with Gasteiger partial charge in [-0.1, -0.05) is 150 Å². The maximum absolute atomic E-state index is 2.76. The quantitative estimate of drug-likeness (QED) is 0.159. The summed E-state index contributed by atoms with van der Waals surface area (Å²) in [5.74, 6) is 0. The SMILES string of the molecule is CC(C)(C)c1ccc(N2B3c4sc5cc6c(cc5c4N(c4ccc(C(C)(C)C)cc4)c4c3c(cc3c4C(C)(C)c4ccccc4-3)-c3cc4c(cc32)sc2ccccc24)C(C)(C)CCC6(C)C)cc1. The smallest absolute Gasteiger partial charge is 0.343 e. The molecule has 2 aliphatic carbocycles. The summed E-state index contributed by atoms with van der Waals surface area (Å²) in [4.78, 5) is 5.53. The van der Waals surface area contributed by atoms with Gasteiger partial charge in [0.2, 0.25) is 0 Å². The number of thiophene rings is 2. The van der Waals surface area contributed by atoms with Gasteiger partial charge in [-0.2, -0.15) is 0 Å². The van der Waals surface area contributed by atoms with Gasteiger partial charge in [0, 0.05) is 68.8 Å². The van der Waals surface area contributed by atoms with Crippen LogP contribution in [-0.2, 0) is 27.1 Å². The second-order valence-corrected chi connectivity index (χ2v) is 26.6. The van der Waals surface area contributed by atoms with Crippen molar-refractivity contribution >= 4 is 98.5 Å². The van der Waals surface area contributed by atoms with E-state index >= 15 is 0 Å². The van der Waals surface area contributed by atoms with Crippen molar-refractivity contribution in [3.8, 4) is 22.3 Å². The zero-order valence-electron chi connectivity index (χ0n) is 41.8. The molecule has 2 nitrogen and oxygen atoms in total. The first-order valence-corrected chi connectivity index (χ1v) is 26.5. The van der Waals surface area contributed by atoms with Gasteiger partial charge in [0.25, 0.3) is 0 Å². The van der Waals surface area contributed by atoms with Gasteiger partial charge in [-0.3, -0.25) is 0 Å². The van der Waals surface area contributed by atoms with Crippen molar-refractivity contribution in [1.29, 1.82) is 0 Å². The summed E-state index contributed by atoms with van der Waals surface area (Å²) in [6.07, 6.45) is 2.37. The summed E-state index contributed by atoms with van der Waals surface area (Å²) in [5.41, 5.74) is 21.8. The van der Waals surface area contributed by atoms with Crippen LogP contribution in [0.25, 0.3) is 52.5 Å². The lowest BCUT2D eigenvalue weighted by Crippen LogP contribution is -2.61. The number of rotatable bonds is 2. The number of hydrogen-bond acceptors (Lipinski definition) is 4. The topological polar surface area (TPSA) is 6.48 Å². The largest absolute Gasteiger partial charge is 0.376 e. The second-order valence-electron chi connectivity index (χ2n) is 24.4. The van der Waals surface area contributed by atoms with Crippen LogP contribution in [0, 0.1) is 0 Å². The highest BCUT2D eigenvalue weighted by atomic mass is 32.1. The highest BCUT2D eigenvalue weighted by Gasteiger charge is 2.52. The van der Waals surface area contributed by atoms with Crippen molar-refractivity contribution in [2.75, 3.05) is 9.71 Å². The monoisotopic (exact) mass is 920 g/mol. The first kappa shape index (κ1) is 42.5. The van der Waals surface area contributed by atoms with Gasteiger partial charge in [0.15, 0.2) is 0 Å². The van der Waals surface area contributed by atoms with Crippen LogP contribution in [0.4, 0.5) is 28.4 Å². The predicted octanol–water partition coefficient (Wildman–Crippen LogP) is 17.2. The van der Waals surface area contributed by atoms with Crippen LogP contribution in [0.3, 0.4) is 0 Å². The van der Waals surface area contributed by atoms with E-state index in [0.29, 0.717) is 0 Å². The molecule has 0 amide bonds. The van der Waals surface area contributed by atoms with E-state index in [-0.39, 0.29) is 33.9 Å². The molecule has 13 rings (SSSR count). The molecule has 9 aromatic rings.